The molecule has 17 heavy (non-hydrogen) atoms. The van der Waals surface area contributed by atoms with Gasteiger partial charge in [-0.2, -0.15) is 0 Å². The Bertz CT molecular complexity index is 344. The van der Waals surface area contributed by atoms with Crippen molar-refractivity contribution in [3.05, 3.63) is 16.1 Å². The van der Waals surface area contributed by atoms with Crippen LogP contribution in [0, 0.1) is 5.92 Å². The summed E-state index contributed by atoms with van der Waals surface area (Å²) in [6, 6.07) is 0. The molecule has 0 amide bonds. The highest BCUT2D eigenvalue weighted by Crippen LogP contribution is 2.31. The average Bonchev–Trinajstić information content (AvgIpc) is 2.75. The predicted octanol–water partition coefficient (Wildman–Crippen LogP) is 4.14. The lowest BCUT2D eigenvalue weighted by molar-refractivity contribution is 0.333. The highest BCUT2D eigenvalue weighted by atomic mass is 32.1. The molecular weight excluding hydrogens is 228 g/mol. The van der Waals surface area contributed by atoms with Crippen LogP contribution in [0.3, 0.4) is 0 Å². The van der Waals surface area contributed by atoms with E-state index in [1.54, 1.807) is 11.3 Å². The number of rotatable bonds is 6. The fourth-order valence-electron chi connectivity index (χ4n) is 1.72. The van der Waals surface area contributed by atoms with E-state index in [0.717, 1.165) is 12.3 Å². The molecule has 0 bridgehead atoms. The Hall–Kier alpha value is -0.410. The van der Waals surface area contributed by atoms with Gasteiger partial charge >= 0.3 is 0 Å². The van der Waals surface area contributed by atoms with Crippen LogP contribution in [0.5, 0.6) is 0 Å². The second-order valence-electron chi connectivity index (χ2n) is 5.75. The van der Waals surface area contributed by atoms with Gasteiger partial charge in [0, 0.05) is 5.38 Å². The fourth-order valence-corrected chi connectivity index (χ4v) is 2.90. The lowest BCUT2D eigenvalue weighted by Crippen LogP contribution is -2.37. The third kappa shape index (κ3) is 3.78. The summed E-state index contributed by atoms with van der Waals surface area (Å²) >= 11 is 1.79. The van der Waals surface area contributed by atoms with Crippen molar-refractivity contribution in [2.24, 2.45) is 5.92 Å². The van der Waals surface area contributed by atoms with Crippen LogP contribution >= 0.6 is 11.3 Å². The molecule has 3 heteroatoms. The molecule has 0 aliphatic carbocycles. The molecule has 0 radical (unpaired) electrons. The minimum absolute atomic E-state index is 0.0298. The van der Waals surface area contributed by atoms with Crippen LogP contribution in [0.15, 0.2) is 5.38 Å². The van der Waals surface area contributed by atoms with E-state index in [2.05, 4.69) is 45.3 Å². The summed E-state index contributed by atoms with van der Waals surface area (Å²) < 4.78 is 0. The zero-order chi connectivity index (χ0) is 13.1. The molecule has 1 atom stereocenters. The van der Waals surface area contributed by atoms with Crippen LogP contribution in [0.1, 0.15) is 64.1 Å². The van der Waals surface area contributed by atoms with Crippen LogP contribution in [0.2, 0.25) is 0 Å². The third-order valence-electron chi connectivity index (χ3n) is 3.36. The van der Waals surface area contributed by atoms with Gasteiger partial charge in [-0.05, 0) is 38.6 Å². The van der Waals surface area contributed by atoms with E-state index < -0.39 is 0 Å². The van der Waals surface area contributed by atoms with Crippen LogP contribution in [-0.4, -0.2) is 12.0 Å². The Kier molecular flexibility index (Phi) is 5.14. The molecule has 0 saturated heterocycles. The zero-order valence-corrected chi connectivity index (χ0v) is 12.8. The van der Waals surface area contributed by atoms with Crippen molar-refractivity contribution in [3.8, 4) is 0 Å². The van der Waals surface area contributed by atoms with Crippen LogP contribution in [0.4, 0.5) is 0 Å². The molecule has 98 valence electrons. The van der Waals surface area contributed by atoms with Crippen LogP contribution in [-0.2, 0) is 5.54 Å². The van der Waals surface area contributed by atoms with E-state index in [1.165, 1.54) is 17.1 Å². The number of hydrogen-bond donors (Lipinski definition) is 1. The molecule has 0 aromatic carbocycles. The van der Waals surface area contributed by atoms with Gasteiger partial charge in [-0.3, -0.25) is 0 Å². The monoisotopic (exact) mass is 254 g/mol. The quantitative estimate of drug-likeness (QED) is 0.825. The molecule has 0 fully saturated rings. The Balaban J connectivity index is 2.83. The molecule has 0 aliphatic heterocycles. The van der Waals surface area contributed by atoms with E-state index in [4.69, 9.17) is 4.98 Å². The van der Waals surface area contributed by atoms with Crippen molar-refractivity contribution in [2.45, 2.75) is 58.9 Å². The first-order valence-corrected chi connectivity index (χ1v) is 7.42. The molecule has 1 aromatic heterocycles. The van der Waals surface area contributed by atoms with Gasteiger partial charge in [0.2, 0.25) is 0 Å². The number of thiazole rings is 1. The summed E-state index contributed by atoms with van der Waals surface area (Å²) in [6.45, 7) is 11.2. The van der Waals surface area contributed by atoms with Crippen molar-refractivity contribution in [1.29, 1.82) is 0 Å². The lowest BCUT2D eigenvalue weighted by Gasteiger charge is -2.27. The number of aromatic nitrogens is 1. The minimum Gasteiger partial charge on any atom is -0.309 e. The Morgan fingerprint density at radius 3 is 2.41 bits per heavy atom. The maximum absolute atomic E-state index is 4.79. The highest BCUT2D eigenvalue weighted by Gasteiger charge is 2.28. The molecule has 0 spiro atoms. The predicted molar refractivity (Wildman–Crippen MR) is 76.7 cm³/mol. The summed E-state index contributed by atoms with van der Waals surface area (Å²) in [5.41, 5.74) is 1.25. The molecular formula is C14H26N2S. The van der Waals surface area contributed by atoms with Crippen LogP contribution in [0.25, 0.3) is 0 Å². The Labute approximate surface area is 110 Å². The fraction of sp³-hybridized carbons (Fsp3) is 0.786. The normalized spacial score (nSPS) is 15.5. The molecule has 1 N–H and O–H groups in total. The number of nitrogens with zero attached hydrogens (tertiary/aromatic N) is 1. The average molecular weight is 254 g/mol. The van der Waals surface area contributed by atoms with E-state index in [0.29, 0.717) is 5.92 Å². The smallest absolute Gasteiger partial charge is 0.113 e. The molecule has 1 heterocycles. The van der Waals surface area contributed by atoms with Crippen molar-refractivity contribution < 1.29 is 0 Å². The Morgan fingerprint density at radius 2 is 2.00 bits per heavy atom. The molecule has 1 unspecified atom stereocenters. The van der Waals surface area contributed by atoms with Gasteiger partial charge in [-0.25, -0.2) is 4.98 Å². The highest BCUT2D eigenvalue weighted by molar-refractivity contribution is 7.09. The molecule has 1 rings (SSSR count). The van der Waals surface area contributed by atoms with Gasteiger partial charge in [0.15, 0.2) is 0 Å². The standard InChI is InChI=1S/C14H26N2S/c1-10(2)7-8-14(5,15-6)13-16-12(9-17-13)11(3)4/h9-11,15H,7-8H2,1-6H3. The van der Waals surface area contributed by atoms with Gasteiger partial charge in [-0.15, -0.1) is 11.3 Å². The summed E-state index contributed by atoms with van der Waals surface area (Å²) in [6.07, 6.45) is 2.38. The summed E-state index contributed by atoms with van der Waals surface area (Å²) in [5.74, 6) is 1.26. The third-order valence-corrected chi connectivity index (χ3v) is 4.48. The summed E-state index contributed by atoms with van der Waals surface area (Å²) in [5, 5.41) is 6.88. The van der Waals surface area contributed by atoms with Gasteiger partial charge in [0.1, 0.15) is 5.01 Å². The summed E-state index contributed by atoms with van der Waals surface area (Å²) in [7, 11) is 2.04. The minimum atomic E-state index is 0.0298. The molecule has 1 aromatic rings. The number of hydrogen-bond acceptors (Lipinski definition) is 3. The second kappa shape index (κ2) is 5.96. The SMILES string of the molecule is CNC(C)(CCC(C)C)c1nc(C(C)C)cs1. The van der Waals surface area contributed by atoms with E-state index in [-0.39, 0.29) is 5.54 Å². The molecule has 2 nitrogen and oxygen atoms in total. The topological polar surface area (TPSA) is 24.9 Å². The van der Waals surface area contributed by atoms with Crippen molar-refractivity contribution in [1.82, 2.24) is 10.3 Å². The maximum atomic E-state index is 4.79. The largest absolute Gasteiger partial charge is 0.309 e. The van der Waals surface area contributed by atoms with Crippen molar-refractivity contribution in [3.63, 3.8) is 0 Å². The molecule has 0 aliphatic rings. The van der Waals surface area contributed by atoms with Crippen molar-refractivity contribution >= 4 is 11.3 Å². The van der Waals surface area contributed by atoms with Gasteiger partial charge in [-0.1, -0.05) is 27.7 Å². The van der Waals surface area contributed by atoms with Crippen molar-refractivity contribution in [2.75, 3.05) is 7.05 Å². The second-order valence-corrected chi connectivity index (χ2v) is 6.60. The Morgan fingerprint density at radius 1 is 1.35 bits per heavy atom. The summed E-state index contributed by atoms with van der Waals surface area (Å²) in [4.78, 5) is 4.79. The first kappa shape index (κ1) is 14.7. The first-order chi connectivity index (χ1) is 7.89. The van der Waals surface area contributed by atoms with E-state index in [9.17, 15) is 0 Å². The van der Waals surface area contributed by atoms with Gasteiger partial charge in [0.05, 0.1) is 11.2 Å². The van der Waals surface area contributed by atoms with Gasteiger partial charge < -0.3 is 5.32 Å². The van der Waals surface area contributed by atoms with Crippen LogP contribution < -0.4 is 5.32 Å². The first-order valence-electron chi connectivity index (χ1n) is 6.54. The zero-order valence-electron chi connectivity index (χ0n) is 12.0. The maximum Gasteiger partial charge on any atom is 0.113 e. The van der Waals surface area contributed by atoms with Gasteiger partial charge in [0.25, 0.3) is 0 Å². The lowest BCUT2D eigenvalue weighted by atomic mass is 9.92. The van der Waals surface area contributed by atoms with E-state index >= 15 is 0 Å². The number of nitrogens with one attached hydrogen (secondary N) is 1. The van der Waals surface area contributed by atoms with E-state index in [1.807, 2.05) is 7.05 Å². The molecule has 0 saturated carbocycles.